The highest BCUT2D eigenvalue weighted by Crippen LogP contribution is 2.22. The van der Waals surface area contributed by atoms with Crippen molar-refractivity contribution < 1.29 is 9.32 Å². The van der Waals surface area contributed by atoms with Crippen LogP contribution >= 0.6 is 11.8 Å². The Morgan fingerprint density at radius 3 is 2.60 bits per heavy atom. The van der Waals surface area contributed by atoms with Crippen molar-refractivity contribution in [3.05, 3.63) is 66.1 Å². The standard InChI is InChI=1S/C19H19N3O2S/c1-13-8-10-15(11-9-13)18-21-17(24-22-18)12-20-19(23)14(2)25-16-6-4-3-5-7-16/h3-11,14H,12H2,1-2H3,(H,20,23)/t14-/m0/s1. The lowest BCUT2D eigenvalue weighted by molar-refractivity contribution is -0.120. The predicted octanol–water partition coefficient (Wildman–Crippen LogP) is 3.84. The third kappa shape index (κ3) is 4.70. The van der Waals surface area contributed by atoms with Gasteiger partial charge in [-0.3, -0.25) is 4.79 Å². The molecule has 0 saturated heterocycles. The Hall–Kier alpha value is -2.60. The van der Waals surface area contributed by atoms with E-state index < -0.39 is 0 Å². The minimum atomic E-state index is -0.207. The molecule has 0 radical (unpaired) electrons. The molecule has 0 aliphatic carbocycles. The number of aromatic nitrogens is 2. The molecule has 2 aromatic carbocycles. The number of hydrogen-bond acceptors (Lipinski definition) is 5. The number of hydrogen-bond donors (Lipinski definition) is 1. The second kappa shape index (κ2) is 7.98. The smallest absolute Gasteiger partial charge is 0.246 e. The van der Waals surface area contributed by atoms with Crippen LogP contribution in [0.15, 0.2) is 64.0 Å². The molecule has 128 valence electrons. The van der Waals surface area contributed by atoms with Crippen molar-refractivity contribution in [1.29, 1.82) is 0 Å². The monoisotopic (exact) mass is 353 g/mol. The molecule has 1 heterocycles. The minimum Gasteiger partial charge on any atom is -0.346 e. The summed E-state index contributed by atoms with van der Waals surface area (Å²) in [5.74, 6) is 0.848. The Morgan fingerprint density at radius 1 is 1.16 bits per heavy atom. The van der Waals surface area contributed by atoms with Gasteiger partial charge in [-0.05, 0) is 26.0 Å². The zero-order chi connectivity index (χ0) is 17.6. The Bertz CT molecular complexity index is 831. The third-order valence-corrected chi connectivity index (χ3v) is 4.73. The van der Waals surface area contributed by atoms with Crippen LogP contribution in [-0.2, 0) is 11.3 Å². The van der Waals surface area contributed by atoms with Gasteiger partial charge in [-0.15, -0.1) is 11.8 Å². The van der Waals surface area contributed by atoms with E-state index >= 15 is 0 Å². The molecule has 5 nitrogen and oxygen atoms in total. The Morgan fingerprint density at radius 2 is 1.88 bits per heavy atom. The summed E-state index contributed by atoms with van der Waals surface area (Å²) in [6.07, 6.45) is 0. The van der Waals surface area contributed by atoms with Crippen molar-refractivity contribution in [2.75, 3.05) is 0 Å². The van der Waals surface area contributed by atoms with Crippen LogP contribution in [0.25, 0.3) is 11.4 Å². The molecule has 1 aromatic heterocycles. The fraction of sp³-hybridized carbons (Fsp3) is 0.211. The zero-order valence-corrected chi connectivity index (χ0v) is 14.9. The van der Waals surface area contributed by atoms with Crippen LogP contribution in [0.2, 0.25) is 0 Å². The summed E-state index contributed by atoms with van der Waals surface area (Å²) in [6, 6.07) is 17.7. The number of benzene rings is 2. The number of rotatable bonds is 6. The summed E-state index contributed by atoms with van der Waals surface area (Å²) in [5.41, 5.74) is 2.06. The van der Waals surface area contributed by atoms with Crippen molar-refractivity contribution >= 4 is 17.7 Å². The van der Waals surface area contributed by atoms with Crippen LogP contribution < -0.4 is 5.32 Å². The molecule has 0 fully saturated rings. The zero-order valence-electron chi connectivity index (χ0n) is 14.1. The van der Waals surface area contributed by atoms with E-state index in [4.69, 9.17) is 4.52 Å². The average molecular weight is 353 g/mol. The van der Waals surface area contributed by atoms with E-state index in [0.717, 1.165) is 10.5 Å². The lowest BCUT2D eigenvalue weighted by atomic mass is 10.1. The van der Waals surface area contributed by atoms with Gasteiger partial charge in [0.05, 0.1) is 11.8 Å². The lowest BCUT2D eigenvalue weighted by Gasteiger charge is -2.10. The summed E-state index contributed by atoms with van der Waals surface area (Å²) in [7, 11) is 0. The van der Waals surface area contributed by atoms with E-state index in [1.165, 1.54) is 17.3 Å². The fourth-order valence-electron chi connectivity index (χ4n) is 2.21. The first-order valence-electron chi connectivity index (χ1n) is 8.01. The first-order valence-corrected chi connectivity index (χ1v) is 8.89. The molecule has 1 atom stereocenters. The van der Waals surface area contributed by atoms with Gasteiger partial charge in [0.25, 0.3) is 0 Å². The van der Waals surface area contributed by atoms with Crippen molar-refractivity contribution in [3.8, 4) is 11.4 Å². The number of carbonyl (C=O) groups excluding carboxylic acids is 1. The van der Waals surface area contributed by atoms with Gasteiger partial charge in [0, 0.05) is 10.5 Å². The van der Waals surface area contributed by atoms with Crippen LogP contribution in [0.3, 0.4) is 0 Å². The average Bonchev–Trinajstić information content (AvgIpc) is 3.10. The first-order chi connectivity index (χ1) is 12.1. The van der Waals surface area contributed by atoms with Gasteiger partial charge in [-0.2, -0.15) is 4.98 Å². The third-order valence-electron chi connectivity index (χ3n) is 3.62. The highest BCUT2D eigenvalue weighted by Gasteiger charge is 2.15. The molecule has 0 aliphatic heterocycles. The first kappa shape index (κ1) is 17.2. The van der Waals surface area contributed by atoms with Gasteiger partial charge in [-0.1, -0.05) is 53.2 Å². The summed E-state index contributed by atoms with van der Waals surface area (Å²) in [4.78, 5) is 17.6. The summed E-state index contributed by atoms with van der Waals surface area (Å²) in [6.45, 7) is 4.12. The molecule has 3 rings (SSSR count). The topological polar surface area (TPSA) is 68.0 Å². The van der Waals surface area contributed by atoms with Crippen molar-refractivity contribution in [2.45, 2.75) is 30.5 Å². The molecule has 1 N–H and O–H groups in total. The second-order valence-electron chi connectivity index (χ2n) is 5.67. The Labute approximate surface area is 150 Å². The van der Waals surface area contributed by atoms with E-state index in [9.17, 15) is 4.79 Å². The fourth-order valence-corrected chi connectivity index (χ4v) is 3.12. The van der Waals surface area contributed by atoms with Gasteiger partial charge in [0.15, 0.2) is 0 Å². The minimum absolute atomic E-state index is 0.0658. The number of nitrogens with zero attached hydrogens (tertiary/aromatic N) is 2. The molecule has 25 heavy (non-hydrogen) atoms. The lowest BCUT2D eigenvalue weighted by Crippen LogP contribution is -2.30. The summed E-state index contributed by atoms with van der Waals surface area (Å²) < 4.78 is 5.22. The van der Waals surface area contributed by atoms with Gasteiger partial charge >= 0.3 is 0 Å². The molecule has 3 aromatic rings. The van der Waals surface area contributed by atoms with Crippen LogP contribution in [0.4, 0.5) is 0 Å². The predicted molar refractivity (Wildman–Crippen MR) is 98.1 cm³/mol. The molecule has 0 saturated carbocycles. The van der Waals surface area contributed by atoms with Crippen molar-refractivity contribution in [3.63, 3.8) is 0 Å². The largest absolute Gasteiger partial charge is 0.346 e. The maximum atomic E-state index is 12.2. The molecular weight excluding hydrogens is 334 g/mol. The maximum Gasteiger partial charge on any atom is 0.246 e. The molecular formula is C19H19N3O2S. The van der Waals surface area contributed by atoms with Crippen LogP contribution in [-0.4, -0.2) is 21.3 Å². The molecule has 0 spiro atoms. The van der Waals surface area contributed by atoms with Crippen LogP contribution in [0, 0.1) is 6.92 Å². The highest BCUT2D eigenvalue weighted by molar-refractivity contribution is 8.00. The van der Waals surface area contributed by atoms with Gasteiger partial charge in [0.2, 0.25) is 17.6 Å². The van der Waals surface area contributed by atoms with E-state index in [-0.39, 0.29) is 17.7 Å². The number of carbonyl (C=O) groups is 1. The molecule has 0 bridgehead atoms. The molecule has 1 amide bonds. The van der Waals surface area contributed by atoms with Gasteiger partial charge < -0.3 is 9.84 Å². The van der Waals surface area contributed by atoms with E-state index in [2.05, 4.69) is 15.5 Å². The number of aryl methyl sites for hydroxylation is 1. The SMILES string of the molecule is Cc1ccc(-c2noc(CNC(=O)[C@H](C)Sc3ccccc3)n2)cc1. The Kier molecular flexibility index (Phi) is 5.50. The molecule has 0 unspecified atom stereocenters. The highest BCUT2D eigenvalue weighted by atomic mass is 32.2. The van der Waals surface area contributed by atoms with E-state index in [1.807, 2.05) is 68.4 Å². The van der Waals surface area contributed by atoms with Gasteiger partial charge in [0.1, 0.15) is 0 Å². The van der Waals surface area contributed by atoms with Crippen molar-refractivity contribution in [1.82, 2.24) is 15.5 Å². The quantitative estimate of drug-likeness (QED) is 0.682. The number of amides is 1. The normalized spacial score (nSPS) is 11.9. The number of thioether (sulfide) groups is 1. The second-order valence-corrected chi connectivity index (χ2v) is 7.08. The van der Waals surface area contributed by atoms with Gasteiger partial charge in [-0.25, -0.2) is 0 Å². The number of nitrogens with one attached hydrogen (secondary N) is 1. The van der Waals surface area contributed by atoms with E-state index in [1.54, 1.807) is 0 Å². The van der Waals surface area contributed by atoms with Crippen LogP contribution in [0.5, 0.6) is 0 Å². The summed E-state index contributed by atoms with van der Waals surface area (Å²) in [5, 5.41) is 6.59. The van der Waals surface area contributed by atoms with E-state index in [0.29, 0.717) is 11.7 Å². The Balaban J connectivity index is 1.54. The molecule has 0 aliphatic rings. The summed E-state index contributed by atoms with van der Waals surface area (Å²) >= 11 is 1.51. The maximum absolute atomic E-state index is 12.2. The molecule has 6 heteroatoms. The van der Waals surface area contributed by atoms with Crippen LogP contribution in [0.1, 0.15) is 18.4 Å². The van der Waals surface area contributed by atoms with Crippen molar-refractivity contribution in [2.24, 2.45) is 0 Å².